The third-order valence-corrected chi connectivity index (χ3v) is 9.73. The Morgan fingerprint density at radius 1 is 0.356 bits per heavy atom. The molecule has 0 heterocycles. The Labute approximate surface area is 273 Å². The van der Waals surface area contributed by atoms with E-state index in [2.05, 4.69) is 203 Å². The molecule has 0 saturated carbocycles. The van der Waals surface area contributed by atoms with Gasteiger partial charge in [-0.15, -0.1) is 0 Å². The highest BCUT2D eigenvalue weighted by molar-refractivity contribution is 9.10. The van der Waals surface area contributed by atoms with Gasteiger partial charge in [0, 0.05) is 21.5 Å². The largest absolute Gasteiger partial charge is 0.311 e. The van der Waals surface area contributed by atoms with E-state index >= 15 is 0 Å². The molecule has 0 fully saturated rings. The molecule has 7 aromatic carbocycles. The van der Waals surface area contributed by atoms with Crippen molar-refractivity contribution in [2.75, 3.05) is 4.90 Å². The molecule has 0 aromatic heterocycles. The summed E-state index contributed by atoms with van der Waals surface area (Å²) in [5.41, 5.74) is 13.0. The van der Waals surface area contributed by atoms with Crippen LogP contribution in [-0.4, -0.2) is 0 Å². The zero-order chi connectivity index (χ0) is 30.2. The maximum absolute atomic E-state index is 3.96. The highest BCUT2D eigenvalue weighted by Crippen LogP contribution is 2.57. The summed E-state index contributed by atoms with van der Waals surface area (Å²) in [6, 6.07) is 65.6. The van der Waals surface area contributed by atoms with E-state index in [-0.39, 0.29) is 0 Å². The molecular formula is C43H30BrN. The second kappa shape index (κ2) is 11.4. The molecule has 1 nitrogen and oxygen atoms in total. The van der Waals surface area contributed by atoms with Crippen LogP contribution in [0.4, 0.5) is 17.1 Å². The minimum Gasteiger partial charge on any atom is -0.311 e. The van der Waals surface area contributed by atoms with Gasteiger partial charge in [0.1, 0.15) is 0 Å². The summed E-state index contributed by atoms with van der Waals surface area (Å²) in [6.45, 7) is 0. The van der Waals surface area contributed by atoms with E-state index in [1.54, 1.807) is 0 Å². The lowest BCUT2D eigenvalue weighted by atomic mass is 9.67. The predicted molar refractivity (Wildman–Crippen MR) is 192 cm³/mol. The van der Waals surface area contributed by atoms with Crippen molar-refractivity contribution in [2.45, 2.75) is 5.41 Å². The second-order valence-corrected chi connectivity index (χ2v) is 12.3. The van der Waals surface area contributed by atoms with Crippen molar-refractivity contribution in [3.63, 3.8) is 0 Å². The zero-order valence-electron chi connectivity index (χ0n) is 24.6. The van der Waals surface area contributed by atoms with Crippen molar-refractivity contribution in [2.24, 2.45) is 0 Å². The fourth-order valence-corrected chi connectivity index (χ4v) is 7.66. The molecule has 7 aromatic rings. The first-order valence-corrected chi connectivity index (χ1v) is 16.1. The van der Waals surface area contributed by atoms with Crippen LogP contribution in [0.25, 0.3) is 22.3 Å². The SMILES string of the molecule is Brc1ccccc1C1(c2ccc(N(c3ccccc3)c3ccc(-c4ccccc4)cc3)cc2)c2ccccc2-c2ccccc21. The van der Waals surface area contributed by atoms with Gasteiger partial charge in [0.15, 0.2) is 0 Å². The number of anilines is 3. The Bertz CT molecular complexity index is 2050. The molecule has 0 bridgehead atoms. The van der Waals surface area contributed by atoms with Crippen molar-refractivity contribution in [1.29, 1.82) is 0 Å². The van der Waals surface area contributed by atoms with Gasteiger partial charge < -0.3 is 4.90 Å². The molecule has 45 heavy (non-hydrogen) atoms. The van der Waals surface area contributed by atoms with Gasteiger partial charge in [0.25, 0.3) is 0 Å². The number of hydrogen-bond donors (Lipinski definition) is 0. The normalized spacial score (nSPS) is 12.7. The fourth-order valence-electron chi connectivity index (χ4n) is 7.08. The molecule has 0 unspecified atom stereocenters. The van der Waals surface area contributed by atoms with Gasteiger partial charge >= 0.3 is 0 Å². The molecule has 0 amide bonds. The van der Waals surface area contributed by atoms with Crippen molar-refractivity contribution < 1.29 is 0 Å². The first-order chi connectivity index (χ1) is 22.2. The summed E-state index contributed by atoms with van der Waals surface area (Å²) >= 11 is 3.96. The van der Waals surface area contributed by atoms with E-state index in [1.807, 2.05) is 0 Å². The number of para-hydroxylation sites is 1. The molecule has 1 aliphatic carbocycles. The molecule has 214 valence electrons. The van der Waals surface area contributed by atoms with Gasteiger partial charge in [-0.05, 0) is 87.0 Å². The minimum atomic E-state index is -0.458. The van der Waals surface area contributed by atoms with Crippen LogP contribution in [0.1, 0.15) is 22.3 Å². The first-order valence-electron chi connectivity index (χ1n) is 15.3. The maximum atomic E-state index is 3.96. The number of rotatable bonds is 6. The average molecular weight is 641 g/mol. The number of hydrogen-bond acceptors (Lipinski definition) is 1. The first kappa shape index (κ1) is 27.4. The van der Waals surface area contributed by atoms with Crippen LogP contribution in [0.2, 0.25) is 0 Å². The van der Waals surface area contributed by atoms with Crippen molar-refractivity contribution >= 4 is 33.0 Å². The summed E-state index contributed by atoms with van der Waals surface area (Å²) in [4.78, 5) is 2.33. The quantitative estimate of drug-likeness (QED) is 0.175. The van der Waals surface area contributed by atoms with Gasteiger partial charge in [-0.2, -0.15) is 0 Å². The third kappa shape index (κ3) is 4.53. The second-order valence-electron chi connectivity index (χ2n) is 11.5. The van der Waals surface area contributed by atoms with Gasteiger partial charge in [-0.3, -0.25) is 0 Å². The number of benzene rings is 7. The number of nitrogens with zero attached hydrogens (tertiary/aromatic N) is 1. The fraction of sp³-hybridized carbons (Fsp3) is 0.0233. The molecule has 0 spiro atoms. The van der Waals surface area contributed by atoms with Gasteiger partial charge in [-0.1, -0.05) is 155 Å². The summed E-state index contributed by atoms with van der Waals surface area (Å²) < 4.78 is 1.10. The van der Waals surface area contributed by atoms with E-state index in [0.29, 0.717) is 0 Å². The van der Waals surface area contributed by atoms with Gasteiger partial charge in [-0.25, -0.2) is 0 Å². The van der Waals surface area contributed by atoms with E-state index in [9.17, 15) is 0 Å². The summed E-state index contributed by atoms with van der Waals surface area (Å²) in [6.07, 6.45) is 0. The van der Waals surface area contributed by atoms with Crippen LogP contribution >= 0.6 is 15.9 Å². The topological polar surface area (TPSA) is 3.24 Å². The van der Waals surface area contributed by atoms with Crippen LogP contribution in [0.15, 0.2) is 186 Å². The highest BCUT2D eigenvalue weighted by atomic mass is 79.9. The molecule has 0 saturated heterocycles. The monoisotopic (exact) mass is 639 g/mol. The van der Waals surface area contributed by atoms with Crippen molar-refractivity contribution in [3.8, 4) is 22.3 Å². The lowest BCUT2D eigenvalue weighted by Gasteiger charge is -2.35. The van der Waals surface area contributed by atoms with Gasteiger partial charge in [0.2, 0.25) is 0 Å². The highest BCUT2D eigenvalue weighted by Gasteiger charge is 2.46. The molecule has 0 atom stereocenters. The average Bonchev–Trinajstić information content (AvgIpc) is 3.41. The molecule has 0 aliphatic heterocycles. The van der Waals surface area contributed by atoms with E-state index < -0.39 is 5.41 Å². The van der Waals surface area contributed by atoms with E-state index in [0.717, 1.165) is 21.5 Å². The van der Waals surface area contributed by atoms with Crippen molar-refractivity contribution in [1.82, 2.24) is 0 Å². The molecule has 8 rings (SSSR count). The van der Waals surface area contributed by atoms with Crippen LogP contribution in [-0.2, 0) is 5.41 Å². The van der Waals surface area contributed by atoms with Crippen LogP contribution in [0.5, 0.6) is 0 Å². The third-order valence-electron chi connectivity index (χ3n) is 9.04. The number of halogens is 1. The molecular weight excluding hydrogens is 610 g/mol. The van der Waals surface area contributed by atoms with E-state index in [1.165, 1.54) is 44.5 Å². The zero-order valence-corrected chi connectivity index (χ0v) is 26.2. The maximum Gasteiger partial charge on any atom is 0.0724 e. The Morgan fingerprint density at radius 2 is 0.778 bits per heavy atom. The Hall–Kier alpha value is -5.18. The smallest absolute Gasteiger partial charge is 0.0724 e. The Kier molecular flexibility index (Phi) is 6.93. The number of fused-ring (bicyclic) bond motifs is 3. The molecule has 1 aliphatic rings. The van der Waals surface area contributed by atoms with Crippen LogP contribution in [0, 0.1) is 0 Å². The molecule has 2 heteroatoms. The van der Waals surface area contributed by atoms with Crippen LogP contribution < -0.4 is 4.90 Å². The minimum absolute atomic E-state index is 0.458. The van der Waals surface area contributed by atoms with Gasteiger partial charge in [0.05, 0.1) is 5.41 Å². The van der Waals surface area contributed by atoms with E-state index in [4.69, 9.17) is 0 Å². The lowest BCUT2D eigenvalue weighted by molar-refractivity contribution is 0.764. The molecule has 0 radical (unpaired) electrons. The standard InChI is InChI=1S/C43H30BrN/c44-42-22-12-11-21-41(42)43(39-19-9-7-17-37(39)38-18-8-10-20-40(38)43)33-25-29-36(30-26-33)45(34-15-5-2-6-16-34)35-27-23-32(24-28-35)31-13-3-1-4-14-31/h1-30H. The molecule has 0 N–H and O–H groups in total. The van der Waals surface area contributed by atoms with Crippen molar-refractivity contribution in [3.05, 3.63) is 209 Å². The van der Waals surface area contributed by atoms with Crippen LogP contribution in [0.3, 0.4) is 0 Å². The lowest BCUT2D eigenvalue weighted by Crippen LogP contribution is -2.29. The predicted octanol–water partition coefficient (Wildman–Crippen LogP) is 11.9. The summed E-state index contributed by atoms with van der Waals surface area (Å²) in [7, 11) is 0. The summed E-state index contributed by atoms with van der Waals surface area (Å²) in [5.74, 6) is 0. The summed E-state index contributed by atoms with van der Waals surface area (Å²) in [5, 5.41) is 0. The Morgan fingerprint density at radius 3 is 1.36 bits per heavy atom. The Balaban J connectivity index is 1.29.